The van der Waals surface area contributed by atoms with Crippen molar-refractivity contribution in [3.63, 3.8) is 0 Å². The molecule has 0 amide bonds. The Morgan fingerprint density at radius 2 is 2.00 bits per heavy atom. The summed E-state index contributed by atoms with van der Waals surface area (Å²) in [6, 6.07) is 3.53. The zero-order valence-electron chi connectivity index (χ0n) is 8.14. The van der Waals surface area contributed by atoms with E-state index in [-0.39, 0.29) is 6.04 Å². The van der Waals surface area contributed by atoms with Crippen molar-refractivity contribution in [3.8, 4) is 5.75 Å². The molecule has 1 aromatic rings. The summed E-state index contributed by atoms with van der Waals surface area (Å²) < 4.78 is 52.3. The van der Waals surface area contributed by atoms with Gasteiger partial charge in [0.25, 0.3) is 0 Å². The summed E-state index contributed by atoms with van der Waals surface area (Å²) in [5, 5.41) is 3.03. The molecule has 0 radical (unpaired) electrons. The maximum Gasteiger partial charge on any atom is 0.573 e. The van der Waals surface area contributed by atoms with Crippen molar-refractivity contribution < 1.29 is 22.3 Å². The molecule has 1 heterocycles. The van der Waals surface area contributed by atoms with Crippen molar-refractivity contribution in [1.82, 2.24) is 5.32 Å². The van der Waals surface area contributed by atoms with E-state index in [4.69, 9.17) is 0 Å². The van der Waals surface area contributed by atoms with Gasteiger partial charge in [-0.25, -0.2) is 4.39 Å². The molecule has 88 valence electrons. The van der Waals surface area contributed by atoms with Gasteiger partial charge in [0.15, 0.2) is 11.6 Å². The lowest BCUT2D eigenvalue weighted by molar-refractivity contribution is -0.275. The van der Waals surface area contributed by atoms with Crippen LogP contribution in [-0.4, -0.2) is 12.9 Å². The van der Waals surface area contributed by atoms with Crippen molar-refractivity contribution in [3.05, 3.63) is 29.6 Å². The number of hydrogen-bond acceptors (Lipinski definition) is 2. The molecule has 1 saturated heterocycles. The summed E-state index contributed by atoms with van der Waals surface area (Å²) in [5.41, 5.74) is 0.637. The van der Waals surface area contributed by atoms with Crippen LogP contribution < -0.4 is 10.1 Å². The number of hydrogen-bond donors (Lipinski definition) is 1. The fourth-order valence-electron chi connectivity index (χ4n) is 1.51. The Balaban J connectivity index is 2.16. The van der Waals surface area contributed by atoms with Gasteiger partial charge >= 0.3 is 6.36 Å². The number of halogens is 4. The number of benzene rings is 1. The van der Waals surface area contributed by atoms with Gasteiger partial charge in [-0.05, 0) is 30.7 Å². The second kappa shape index (κ2) is 3.93. The van der Waals surface area contributed by atoms with Crippen molar-refractivity contribution in [2.45, 2.75) is 18.8 Å². The SMILES string of the molecule is Fc1cc([C@H]2CCN2)ccc1OC(F)(F)F. The summed E-state index contributed by atoms with van der Waals surface area (Å²) in [5.74, 6) is -1.79. The molecule has 6 heteroatoms. The van der Waals surface area contributed by atoms with E-state index in [1.165, 1.54) is 6.07 Å². The van der Waals surface area contributed by atoms with E-state index in [9.17, 15) is 17.6 Å². The van der Waals surface area contributed by atoms with Gasteiger partial charge in [-0.2, -0.15) is 0 Å². The molecule has 16 heavy (non-hydrogen) atoms. The predicted molar refractivity (Wildman–Crippen MR) is 48.4 cm³/mol. The fraction of sp³-hybridized carbons (Fsp3) is 0.400. The minimum Gasteiger partial charge on any atom is -0.403 e. The Labute approximate surface area is 89.2 Å². The van der Waals surface area contributed by atoms with Crippen LogP contribution in [-0.2, 0) is 0 Å². The van der Waals surface area contributed by atoms with E-state index in [0.29, 0.717) is 5.56 Å². The first-order valence-electron chi connectivity index (χ1n) is 4.74. The molecule has 0 saturated carbocycles. The van der Waals surface area contributed by atoms with Gasteiger partial charge in [0.2, 0.25) is 0 Å². The molecule has 1 aliphatic heterocycles. The van der Waals surface area contributed by atoms with E-state index in [1.807, 2.05) is 0 Å². The van der Waals surface area contributed by atoms with Crippen LogP contribution in [0, 0.1) is 5.82 Å². The van der Waals surface area contributed by atoms with Gasteiger partial charge in [0, 0.05) is 6.04 Å². The first kappa shape index (κ1) is 11.2. The third-order valence-electron chi connectivity index (χ3n) is 2.41. The maximum atomic E-state index is 13.2. The van der Waals surface area contributed by atoms with E-state index >= 15 is 0 Å². The highest BCUT2D eigenvalue weighted by Gasteiger charge is 2.32. The second-order valence-electron chi connectivity index (χ2n) is 3.53. The normalized spacial score (nSPS) is 20.4. The van der Waals surface area contributed by atoms with E-state index in [2.05, 4.69) is 10.1 Å². The number of rotatable bonds is 2. The zero-order valence-corrected chi connectivity index (χ0v) is 8.14. The molecule has 0 unspecified atom stereocenters. The Kier molecular flexibility index (Phi) is 2.75. The van der Waals surface area contributed by atoms with Crippen LogP contribution in [0.1, 0.15) is 18.0 Å². The number of nitrogens with one attached hydrogen (secondary N) is 1. The molecule has 1 aliphatic rings. The van der Waals surface area contributed by atoms with Gasteiger partial charge in [-0.3, -0.25) is 0 Å². The average molecular weight is 235 g/mol. The highest BCUT2D eigenvalue weighted by atomic mass is 19.4. The fourth-order valence-corrected chi connectivity index (χ4v) is 1.51. The van der Waals surface area contributed by atoms with Gasteiger partial charge in [0.1, 0.15) is 0 Å². The lowest BCUT2D eigenvalue weighted by Gasteiger charge is -2.28. The molecule has 1 atom stereocenters. The first-order valence-corrected chi connectivity index (χ1v) is 4.74. The Morgan fingerprint density at radius 3 is 2.44 bits per heavy atom. The van der Waals surface area contributed by atoms with Crippen molar-refractivity contribution in [2.75, 3.05) is 6.54 Å². The van der Waals surface area contributed by atoms with Crippen LogP contribution in [0.3, 0.4) is 0 Å². The van der Waals surface area contributed by atoms with Crippen LogP contribution in [0.4, 0.5) is 17.6 Å². The van der Waals surface area contributed by atoms with Crippen LogP contribution in [0.2, 0.25) is 0 Å². The van der Waals surface area contributed by atoms with Gasteiger partial charge < -0.3 is 10.1 Å². The van der Waals surface area contributed by atoms with Crippen molar-refractivity contribution in [1.29, 1.82) is 0 Å². The molecule has 0 aromatic heterocycles. The second-order valence-corrected chi connectivity index (χ2v) is 3.53. The molecular weight excluding hydrogens is 226 g/mol. The Bertz CT molecular complexity index is 387. The van der Waals surface area contributed by atoms with E-state index in [1.54, 1.807) is 0 Å². The molecular formula is C10H9F4NO. The van der Waals surface area contributed by atoms with Crippen molar-refractivity contribution in [2.24, 2.45) is 0 Å². The first-order chi connectivity index (χ1) is 7.46. The molecule has 0 spiro atoms. The van der Waals surface area contributed by atoms with E-state index in [0.717, 1.165) is 25.1 Å². The highest BCUT2D eigenvalue weighted by molar-refractivity contribution is 5.32. The standard InChI is InChI=1S/C10H9F4NO/c11-7-5-6(8-3-4-15-8)1-2-9(7)16-10(12,13)14/h1-2,5,8,15H,3-4H2/t8-/m1/s1. The quantitative estimate of drug-likeness (QED) is 0.796. The Morgan fingerprint density at radius 1 is 1.31 bits per heavy atom. The number of ether oxygens (including phenoxy) is 1. The third-order valence-corrected chi connectivity index (χ3v) is 2.41. The monoisotopic (exact) mass is 235 g/mol. The summed E-state index contributed by atoms with van der Waals surface area (Å²) in [4.78, 5) is 0. The molecule has 2 rings (SSSR count). The van der Waals surface area contributed by atoms with Crippen LogP contribution in [0.5, 0.6) is 5.75 Å². The number of alkyl halides is 3. The van der Waals surface area contributed by atoms with Crippen LogP contribution in [0.15, 0.2) is 18.2 Å². The highest BCUT2D eigenvalue weighted by Crippen LogP contribution is 2.30. The lowest BCUT2D eigenvalue weighted by atomic mass is 9.98. The maximum absolute atomic E-state index is 13.2. The van der Waals surface area contributed by atoms with Gasteiger partial charge in [-0.15, -0.1) is 13.2 Å². The molecule has 1 aromatic carbocycles. The largest absolute Gasteiger partial charge is 0.573 e. The Hall–Kier alpha value is -1.30. The van der Waals surface area contributed by atoms with E-state index < -0.39 is 17.9 Å². The average Bonchev–Trinajstić information content (AvgIpc) is 2.04. The third kappa shape index (κ3) is 2.44. The molecule has 0 aliphatic carbocycles. The molecule has 1 N–H and O–H groups in total. The van der Waals surface area contributed by atoms with Crippen LogP contribution >= 0.6 is 0 Å². The summed E-state index contributed by atoms with van der Waals surface area (Å²) in [6.07, 6.45) is -4.00. The predicted octanol–water partition coefficient (Wildman–Crippen LogP) is 2.76. The molecule has 2 nitrogen and oxygen atoms in total. The zero-order chi connectivity index (χ0) is 11.8. The lowest BCUT2D eigenvalue weighted by Crippen LogP contribution is -2.34. The topological polar surface area (TPSA) is 21.3 Å². The summed E-state index contributed by atoms with van der Waals surface area (Å²) in [7, 11) is 0. The van der Waals surface area contributed by atoms with Crippen LogP contribution in [0.25, 0.3) is 0 Å². The minimum absolute atomic E-state index is 0.0365. The van der Waals surface area contributed by atoms with Gasteiger partial charge in [0.05, 0.1) is 0 Å². The molecule has 1 fully saturated rings. The summed E-state index contributed by atoms with van der Waals surface area (Å²) in [6.45, 7) is 0.840. The van der Waals surface area contributed by atoms with Crippen molar-refractivity contribution >= 4 is 0 Å². The van der Waals surface area contributed by atoms with Gasteiger partial charge in [-0.1, -0.05) is 6.07 Å². The summed E-state index contributed by atoms with van der Waals surface area (Å²) >= 11 is 0. The smallest absolute Gasteiger partial charge is 0.403 e. The molecule has 0 bridgehead atoms. The minimum atomic E-state index is -4.86.